The van der Waals surface area contributed by atoms with Crippen LogP contribution in [-0.2, 0) is 17.4 Å². The van der Waals surface area contributed by atoms with Gasteiger partial charge in [0.25, 0.3) is 5.91 Å². The summed E-state index contributed by atoms with van der Waals surface area (Å²) < 4.78 is 43.9. The van der Waals surface area contributed by atoms with E-state index in [2.05, 4.69) is 10.3 Å². The molecular weight excluding hydrogens is 321 g/mol. The van der Waals surface area contributed by atoms with Crippen molar-refractivity contribution in [3.05, 3.63) is 59.9 Å². The summed E-state index contributed by atoms with van der Waals surface area (Å²) in [6.45, 7) is 1.73. The number of rotatable bonds is 6. The minimum absolute atomic E-state index is 0.324. The summed E-state index contributed by atoms with van der Waals surface area (Å²) in [5.41, 5.74) is -0.0908. The van der Waals surface area contributed by atoms with E-state index in [0.717, 1.165) is 11.8 Å². The number of alkyl halides is 3. The minimum Gasteiger partial charge on any atom is -0.480 e. The third-order valence-electron chi connectivity index (χ3n) is 3.27. The number of carbonyl (C=O) groups excluding carboxylic acids is 1. The Labute approximate surface area is 137 Å². The summed E-state index contributed by atoms with van der Waals surface area (Å²) in [6, 6.07) is 10.3. The molecule has 0 fully saturated rings. The van der Waals surface area contributed by atoms with Crippen molar-refractivity contribution in [3.63, 3.8) is 0 Å². The van der Waals surface area contributed by atoms with E-state index in [1.54, 1.807) is 12.3 Å². The fourth-order valence-electron chi connectivity index (χ4n) is 2.05. The first-order chi connectivity index (χ1) is 11.4. The molecule has 1 amide bonds. The van der Waals surface area contributed by atoms with Crippen LogP contribution in [0.3, 0.4) is 0 Å². The van der Waals surface area contributed by atoms with Gasteiger partial charge in [-0.2, -0.15) is 13.2 Å². The number of ether oxygens (including phenoxy) is 1. The average molecular weight is 338 g/mol. The Morgan fingerprint density at radius 3 is 2.58 bits per heavy atom. The Hall–Kier alpha value is -2.57. The lowest BCUT2D eigenvalue weighted by Gasteiger charge is -2.18. The van der Waals surface area contributed by atoms with Gasteiger partial charge in [0, 0.05) is 24.9 Å². The molecule has 2 rings (SSSR count). The van der Waals surface area contributed by atoms with Crippen molar-refractivity contribution in [1.82, 2.24) is 10.3 Å². The Balaban J connectivity index is 1.90. The van der Waals surface area contributed by atoms with Gasteiger partial charge in [0.2, 0.25) is 0 Å². The molecule has 4 nitrogen and oxygen atoms in total. The van der Waals surface area contributed by atoms with Crippen molar-refractivity contribution in [2.45, 2.75) is 25.6 Å². The molecular formula is C17H17F3N2O2. The predicted molar refractivity (Wildman–Crippen MR) is 82.5 cm³/mol. The van der Waals surface area contributed by atoms with E-state index in [1.165, 1.54) is 25.1 Å². The van der Waals surface area contributed by atoms with Crippen molar-refractivity contribution in [3.8, 4) is 5.75 Å². The number of aromatic nitrogens is 1. The smallest absolute Gasteiger partial charge is 0.419 e. The maximum atomic E-state index is 12.9. The van der Waals surface area contributed by atoms with Gasteiger partial charge in [-0.15, -0.1) is 0 Å². The van der Waals surface area contributed by atoms with Crippen LogP contribution in [0.2, 0.25) is 0 Å². The highest BCUT2D eigenvalue weighted by Gasteiger charge is 2.34. The van der Waals surface area contributed by atoms with Crippen molar-refractivity contribution in [1.29, 1.82) is 0 Å². The summed E-state index contributed by atoms with van der Waals surface area (Å²) in [5.74, 6) is -0.847. The number of nitrogens with zero attached hydrogens (tertiary/aromatic N) is 1. The zero-order chi connectivity index (χ0) is 17.6. The van der Waals surface area contributed by atoms with E-state index in [0.29, 0.717) is 13.0 Å². The van der Waals surface area contributed by atoms with E-state index in [-0.39, 0.29) is 5.75 Å². The van der Waals surface area contributed by atoms with E-state index in [1.807, 2.05) is 12.1 Å². The molecule has 0 saturated carbocycles. The van der Waals surface area contributed by atoms with Gasteiger partial charge in [-0.25, -0.2) is 0 Å². The number of benzene rings is 1. The summed E-state index contributed by atoms with van der Waals surface area (Å²) >= 11 is 0. The van der Waals surface area contributed by atoms with Gasteiger partial charge < -0.3 is 10.1 Å². The predicted octanol–water partition coefficient (Wildman–Crippen LogP) is 3.23. The number of hydrogen-bond donors (Lipinski definition) is 1. The van der Waals surface area contributed by atoms with Crippen LogP contribution in [0, 0.1) is 0 Å². The summed E-state index contributed by atoms with van der Waals surface area (Å²) in [7, 11) is 0. The number of carbonyl (C=O) groups is 1. The minimum atomic E-state index is -4.54. The second-order valence-electron chi connectivity index (χ2n) is 5.12. The summed E-state index contributed by atoms with van der Waals surface area (Å²) in [6.07, 6.45) is -3.40. The summed E-state index contributed by atoms with van der Waals surface area (Å²) in [5, 5.41) is 2.62. The second-order valence-corrected chi connectivity index (χ2v) is 5.12. The van der Waals surface area contributed by atoms with Crippen LogP contribution in [0.4, 0.5) is 13.2 Å². The van der Waals surface area contributed by atoms with Gasteiger partial charge >= 0.3 is 6.18 Å². The normalized spacial score (nSPS) is 12.5. The second kappa shape index (κ2) is 7.81. The molecule has 0 aliphatic carbocycles. The lowest BCUT2D eigenvalue weighted by atomic mass is 10.2. The number of para-hydroxylation sites is 1. The first-order valence-electron chi connectivity index (χ1n) is 7.38. The molecule has 0 saturated heterocycles. The quantitative estimate of drug-likeness (QED) is 0.880. The fourth-order valence-corrected chi connectivity index (χ4v) is 2.05. The van der Waals surface area contributed by atoms with Crippen LogP contribution >= 0.6 is 0 Å². The molecule has 0 aliphatic heterocycles. The zero-order valence-corrected chi connectivity index (χ0v) is 13.0. The first-order valence-corrected chi connectivity index (χ1v) is 7.38. The third kappa shape index (κ3) is 4.97. The summed E-state index contributed by atoms with van der Waals surface area (Å²) in [4.78, 5) is 16.1. The van der Waals surface area contributed by atoms with Gasteiger partial charge in [-0.3, -0.25) is 9.78 Å². The molecule has 0 unspecified atom stereocenters. The van der Waals surface area contributed by atoms with Gasteiger partial charge in [0.1, 0.15) is 5.75 Å². The highest BCUT2D eigenvalue weighted by Crippen LogP contribution is 2.36. The standard InChI is InChI=1S/C17H17F3N2O2/c1-12(16(23)22-11-9-13-6-4-5-10-21-13)24-15-8-3-2-7-14(15)17(18,19)20/h2-8,10,12H,9,11H2,1H3,(H,22,23)/t12-/m1/s1. The van der Waals surface area contributed by atoms with Gasteiger partial charge in [-0.1, -0.05) is 18.2 Å². The van der Waals surface area contributed by atoms with Crippen molar-refractivity contribution in [2.75, 3.05) is 6.54 Å². The Kier molecular flexibility index (Phi) is 5.78. The maximum Gasteiger partial charge on any atom is 0.419 e. The molecule has 1 atom stereocenters. The fraction of sp³-hybridized carbons (Fsp3) is 0.294. The lowest BCUT2D eigenvalue weighted by Crippen LogP contribution is -2.37. The number of halogens is 3. The molecule has 24 heavy (non-hydrogen) atoms. The van der Waals surface area contributed by atoms with Gasteiger partial charge in [0.15, 0.2) is 6.10 Å². The van der Waals surface area contributed by atoms with E-state index < -0.39 is 23.8 Å². The van der Waals surface area contributed by atoms with Crippen molar-refractivity contribution >= 4 is 5.91 Å². The highest BCUT2D eigenvalue weighted by molar-refractivity contribution is 5.80. The molecule has 1 N–H and O–H groups in total. The maximum absolute atomic E-state index is 12.9. The van der Waals surface area contributed by atoms with Gasteiger partial charge in [0.05, 0.1) is 5.56 Å². The van der Waals surface area contributed by atoms with Crippen molar-refractivity contribution in [2.24, 2.45) is 0 Å². The molecule has 7 heteroatoms. The number of hydrogen-bond acceptors (Lipinski definition) is 3. The SMILES string of the molecule is C[C@@H](Oc1ccccc1C(F)(F)F)C(=O)NCCc1ccccn1. The molecule has 1 aromatic heterocycles. The zero-order valence-electron chi connectivity index (χ0n) is 13.0. The van der Waals surface area contributed by atoms with Crippen LogP contribution in [0.25, 0.3) is 0 Å². The molecule has 128 valence electrons. The Bertz CT molecular complexity index is 675. The lowest BCUT2D eigenvalue weighted by molar-refractivity contribution is -0.140. The molecule has 0 aliphatic rings. The van der Waals surface area contributed by atoms with Gasteiger partial charge in [-0.05, 0) is 31.2 Å². The first kappa shape index (κ1) is 17.8. The Morgan fingerprint density at radius 1 is 1.21 bits per heavy atom. The third-order valence-corrected chi connectivity index (χ3v) is 3.27. The van der Waals surface area contributed by atoms with Crippen LogP contribution in [0.15, 0.2) is 48.7 Å². The van der Waals surface area contributed by atoms with Crippen LogP contribution in [0.5, 0.6) is 5.75 Å². The molecule has 0 spiro atoms. The topological polar surface area (TPSA) is 51.2 Å². The number of nitrogens with one attached hydrogen (secondary N) is 1. The molecule has 2 aromatic rings. The monoisotopic (exact) mass is 338 g/mol. The number of pyridine rings is 1. The van der Waals surface area contributed by atoms with Crippen LogP contribution in [-0.4, -0.2) is 23.5 Å². The van der Waals surface area contributed by atoms with Crippen LogP contribution in [0.1, 0.15) is 18.2 Å². The largest absolute Gasteiger partial charge is 0.480 e. The van der Waals surface area contributed by atoms with Crippen molar-refractivity contribution < 1.29 is 22.7 Å². The van der Waals surface area contributed by atoms with E-state index >= 15 is 0 Å². The molecule has 1 aromatic carbocycles. The van der Waals surface area contributed by atoms with E-state index in [4.69, 9.17) is 4.74 Å². The highest BCUT2D eigenvalue weighted by atomic mass is 19.4. The number of amides is 1. The Morgan fingerprint density at radius 2 is 1.92 bits per heavy atom. The average Bonchev–Trinajstić information content (AvgIpc) is 2.55. The molecule has 1 heterocycles. The van der Waals surface area contributed by atoms with E-state index in [9.17, 15) is 18.0 Å². The van der Waals surface area contributed by atoms with Crippen LogP contribution < -0.4 is 10.1 Å². The molecule has 0 bridgehead atoms. The molecule has 0 radical (unpaired) electrons.